The molecule has 96 valence electrons. The molecule has 0 spiro atoms. The van der Waals surface area contributed by atoms with Crippen LogP contribution in [0.2, 0.25) is 0 Å². The van der Waals surface area contributed by atoms with Gasteiger partial charge in [-0.25, -0.2) is 8.42 Å². The van der Waals surface area contributed by atoms with Gasteiger partial charge in [0.05, 0.1) is 11.5 Å². The van der Waals surface area contributed by atoms with E-state index in [1.54, 1.807) is 0 Å². The monoisotopic (exact) mass is 248 g/mol. The second-order valence-electron chi connectivity index (χ2n) is 5.09. The van der Waals surface area contributed by atoms with Crippen LogP contribution in [0.5, 0.6) is 0 Å². The summed E-state index contributed by atoms with van der Waals surface area (Å²) >= 11 is 0. The van der Waals surface area contributed by atoms with Crippen molar-refractivity contribution in [1.29, 1.82) is 0 Å². The molecule has 0 aromatic rings. The van der Waals surface area contributed by atoms with Crippen molar-refractivity contribution in [2.24, 2.45) is 11.7 Å². The maximum atomic E-state index is 11.5. The standard InChI is InChI=1S/C11H24N2O2S/c1-10(2)8-13(6-3-5-12)11-4-7-16(14,15)9-11/h10-11H,3-9,12H2,1-2H3. The van der Waals surface area contributed by atoms with Gasteiger partial charge in [0.25, 0.3) is 0 Å². The molecule has 1 aliphatic rings. The minimum Gasteiger partial charge on any atom is -0.330 e. The van der Waals surface area contributed by atoms with Crippen LogP contribution in [0, 0.1) is 5.92 Å². The Morgan fingerprint density at radius 3 is 2.56 bits per heavy atom. The molecule has 2 N–H and O–H groups in total. The predicted molar refractivity (Wildman–Crippen MR) is 67.1 cm³/mol. The first kappa shape index (κ1) is 13.9. The Morgan fingerprint density at radius 2 is 2.12 bits per heavy atom. The zero-order valence-corrected chi connectivity index (χ0v) is 11.2. The largest absolute Gasteiger partial charge is 0.330 e. The average molecular weight is 248 g/mol. The van der Waals surface area contributed by atoms with Crippen molar-refractivity contribution >= 4 is 9.84 Å². The van der Waals surface area contributed by atoms with E-state index in [1.807, 2.05) is 0 Å². The summed E-state index contributed by atoms with van der Waals surface area (Å²) in [6.07, 6.45) is 1.74. The van der Waals surface area contributed by atoms with E-state index in [9.17, 15) is 8.42 Å². The molecule has 0 saturated carbocycles. The average Bonchev–Trinajstić information content (AvgIpc) is 2.52. The van der Waals surface area contributed by atoms with E-state index in [1.165, 1.54) is 0 Å². The molecule has 1 aliphatic heterocycles. The molecular weight excluding hydrogens is 224 g/mol. The van der Waals surface area contributed by atoms with Gasteiger partial charge in [-0.3, -0.25) is 4.90 Å². The number of hydrogen-bond acceptors (Lipinski definition) is 4. The van der Waals surface area contributed by atoms with E-state index >= 15 is 0 Å². The van der Waals surface area contributed by atoms with Crippen LogP contribution in [0.3, 0.4) is 0 Å². The van der Waals surface area contributed by atoms with Gasteiger partial charge in [-0.05, 0) is 31.8 Å². The molecule has 1 saturated heterocycles. The van der Waals surface area contributed by atoms with Gasteiger partial charge < -0.3 is 5.73 Å². The van der Waals surface area contributed by atoms with Crippen LogP contribution in [-0.4, -0.2) is 50.5 Å². The maximum Gasteiger partial charge on any atom is 0.151 e. The van der Waals surface area contributed by atoms with Gasteiger partial charge in [-0.15, -0.1) is 0 Å². The van der Waals surface area contributed by atoms with Gasteiger partial charge in [0, 0.05) is 12.6 Å². The van der Waals surface area contributed by atoms with Gasteiger partial charge in [0.15, 0.2) is 9.84 Å². The first-order chi connectivity index (χ1) is 7.44. The third-order valence-corrected chi connectivity index (χ3v) is 4.72. The van der Waals surface area contributed by atoms with Gasteiger partial charge in [0.1, 0.15) is 0 Å². The second kappa shape index (κ2) is 5.98. The minimum atomic E-state index is -2.77. The number of nitrogens with two attached hydrogens (primary N) is 1. The molecule has 0 aromatic carbocycles. The highest BCUT2D eigenvalue weighted by Crippen LogP contribution is 2.19. The van der Waals surface area contributed by atoms with E-state index in [-0.39, 0.29) is 6.04 Å². The molecule has 0 aliphatic carbocycles. The van der Waals surface area contributed by atoms with Crippen molar-refractivity contribution in [3.63, 3.8) is 0 Å². The van der Waals surface area contributed by atoms with E-state index in [4.69, 9.17) is 5.73 Å². The van der Waals surface area contributed by atoms with Crippen molar-refractivity contribution in [1.82, 2.24) is 4.90 Å². The van der Waals surface area contributed by atoms with Gasteiger partial charge >= 0.3 is 0 Å². The summed E-state index contributed by atoms with van der Waals surface area (Å²) in [5, 5.41) is 0. The lowest BCUT2D eigenvalue weighted by Crippen LogP contribution is -2.40. The molecule has 0 radical (unpaired) electrons. The Labute approximate surface area is 99.1 Å². The predicted octanol–water partition coefficient (Wildman–Crippen LogP) is 0.480. The van der Waals surface area contributed by atoms with Crippen LogP contribution >= 0.6 is 0 Å². The number of nitrogens with zero attached hydrogens (tertiary/aromatic N) is 1. The van der Waals surface area contributed by atoms with Gasteiger partial charge in [-0.1, -0.05) is 13.8 Å². The van der Waals surface area contributed by atoms with Crippen molar-refractivity contribution in [3.05, 3.63) is 0 Å². The minimum absolute atomic E-state index is 0.221. The smallest absolute Gasteiger partial charge is 0.151 e. The van der Waals surface area contributed by atoms with E-state index < -0.39 is 9.84 Å². The summed E-state index contributed by atoms with van der Waals surface area (Å²) in [6.45, 7) is 6.90. The Morgan fingerprint density at radius 1 is 1.44 bits per heavy atom. The van der Waals surface area contributed by atoms with Crippen molar-refractivity contribution in [3.8, 4) is 0 Å². The molecule has 1 heterocycles. The van der Waals surface area contributed by atoms with Gasteiger partial charge in [0.2, 0.25) is 0 Å². The summed E-state index contributed by atoms with van der Waals surface area (Å²) in [5.41, 5.74) is 5.51. The first-order valence-electron chi connectivity index (χ1n) is 6.09. The van der Waals surface area contributed by atoms with Crippen molar-refractivity contribution < 1.29 is 8.42 Å². The zero-order valence-electron chi connectivity index (χ0n) is 10.4. The molecule has 4 nitrogen and oxygen atoms in total. The SMILES string of the molecule is CC(C)CN(CCCN)C1CCS(=O)(=O)C1. The number of sulfone groups is 1. The molecule has 0 amide bonds. The zero-order chi connectivity index (χ0) is 12.2. The summed E-state index contributed by atoms with van der Waals surface area (Å²) in [5.74, 6) is 1.26. The van der Waals surface area contributed by atoms with E-state index in [0.29, 0.717) is 24.0 Å². The fourth-order valence-corrected chi connectivity index (χ4v) is 4.01. The Kier molecular flexibility index (Phi) is 5.21. The normalized spacial score (nSPS) is 24.4. The molecule has 5 heteroatoms. The van der Waals surface area contributed by atoms with Crippen LogP contribution in [-0.2, 0) is 9.84 Å². The molecule has 1 unspecified atom stereocenters. The van der Waals surface area contributed by atoms with Crippen LogP contribution in [0.15, 0.2) is 0 Å². The van der Waals surface area contributed by atoms with Crippen LogP contribution in [0.4, 0.5) is 0 Å². The molecular formula is C11H24N2O2S. The van der Waals surface area contributed by atoms with Crippen LogP contribution in [0.25, 0.3) is 0 Å². The Balaban J connectivity index is 2.55. The molecule has 1 rings (SSSR count). The van der Waals surface area contributed by atoms with Crippen LogP contribution < -0.4 is 5.73 Å². The topological polar surface area (TPSA) is 63.4 Å². The molecule has 16 heavy (non-hydrogen) atoms. The highest BCUT2D eigenvalue weighted by Gasteiger charge is 2.31. The molecule has 0 aromatic heterocycles. The lowest BCUT2D eigenvalue weighted by molar-refractivity contribution is 0.188. The number of rotatable bonds is 6. The fourth-order valence-electron chi connectivity index (χ4n) is 2.25. The third-order valence-electron chi connectivity index (χ3n) is 2.97. The molecule has 0 bridgehead atoms. The highest BCUT2D eigenvalue weighted by atomic mass is 32.2. The molecule has 1 atom stereocenters. The fraction of sp³-hybridized carbons (Fsp3) is 1.00. The maximum absolute atomic E-state index is 11.5. The van der Waals surface area contributed by atoms with Crippen LogP contribution in [0.1, 0.15) is 26.7 Å². The summed E-state index contributed by atoms with van der Waals surface area (Å²) in [7, 11) is -2.77. The Bertz CT molecular complexity index is 301. The second-order valence-corrected chi connectivity index (χ2v) is 7.32. The van der Waals surface area contributed by atoms with E-state index in [2.05, 4.69) is 18.7 Å². The third kappa shape index (κ3) is 4.39. The van der Waals surface area contributed by atoms with Gasteiger partial charge in [-0.2, -0.15) is 0 Å². The lowest BCUT2D eigenvalue weighted by atomic mass is 10.1. The van der Waals surface area contributed by atoms with E-state index in [0.717, 1.165) is 25.9 Å². The summed E-state index contributed by atoms with van der Waals surface area (Å²) in [4.78, 5) is 2.31. The lowest BCUT2D eigenvalue weighted by Gasteiger charge is -2.29. The molecule has 1 fully saturated rings. The summed E-state index contributed by atoms with van der Waals surface area (Å²) < 4.78 is 22.9. The number of hydrogen-bond donors (Lipinski definition) is 1. The first-order valence-corrected chi connectivity index (χ1v) is 7.91. The quantitative estimate of drug-likeness (QED) is 0.742. The Hall–Kier alpha value is -0.130. The van der Waals surface area contributed by atoms with Crippen molar-refractivity contribution in [2.45, 2.75) is 32.7 Å². The highest BCUT2D eigenvalue weighted by molar-refractivity contribution is 7.91. The van der Waals surface area contributed by atoms with Crippen molar-refractivity contribution in [2.75, 3.05) is 31.1 Å². The summed E-state index contributed by atoms with van der Waals surface area (Å²) in [6, 6.07) is 0.221.